The molecule has 0 N–H and O–H groups in total. The molecule has 0 bridgehead atoms. The number of hydrogen-bond acceptors (Lipinski definition) is 2. The minimum atomic E-state index is 0.604. The lowest BCUT2D eigenvalue weighted by molar-refractivity contribution is 0.642. The summed E-state index contributed by atoms with van der Waals surface area (Å²) in [6.07, 6.45) is 2.05. The molecule has 37 heavy (non-hydrogen) atoms. The Morgan fingerprint density at radius 1 is 0.541 bits per heavy atom. The van der Waals surface area contributed by atoms with Crippen molar-refractivity contribution in [3.05, 3.63) is 128 Å². The van der Waals surface area contributed by atoms with Crippen molar-refractivity contribution in [3.63, 3.8) is 0 Å². The number of para-hydroxylation sites is 2. The largest absolute Gasteiger partial charge is 0.423 e. The molecule has 3 aromatic heterocycles. The van der Waals surface area contributed by atoms with E-state index in [4.69, 9.17) is 9.40 Å². The highest BCUT2D eigenvalue weighted by Gasteiger charge is 2.15. The van der Waals surface area contributed by atoms with Gasteiger partial charge in [-0.25, -0.2) is 0 Å². The van der Waals surface area contributed by atoms with E-state index in [1.807, 2.05) is 28.7 Å². The fourth-order valence-electron chi connectivity index (χ4n) is 5.43. The Labute approximate surface area is 212 Å². The van der Waals surface area contributed by atoms with Gasteiger partial charge in [0.05, 0.1) is 22.2 Å². The topological polar surface area (TPSA) is 35.4 Å². The highest BCUT2D eigenvalue weighted by Crippen LogP contribution is 2.36. The van der Waals surface area contributed by atoms with Gasteiger partial charge in [-0.15, -0.1) is 0 Å². The molecule has 8 aromatic rings. The molecule has 0 aliphatic carbocycles. The number of hydrogen-bond donors (Lipinski definition) is 0. The second-order valence-electron chi connectivity index (χ2n) is 9.35. The van der Waals surface area contributed by atoms with Crippen LogP contribution in [-0.2, 0) is 0 Å². The summed E-state index contributed by atoms with van der Waals surface area (Å²) < 4.78 is 10.5. The van der Waals surface area contributed by atoms with Crippen LogP contribution in [0.1, 0.15) is 0 Å². The van der Waals surface area contributed by atoms with Gasteiger partial charge in [-0.05, 0) is 53.6 Å². The van der Waals surface area contributed by atoms with Gasteiger partial charge in [-0.3, -0.25) is 4.40 Å². The summed E-state index contributed by atoms with van der Waals surface area (Å²) in [5, 5.41) is 2.49. The summed E-state index contributed by atoms with van der Waals surface area (Å²) in [5.41, 5.74) is 9.70. The first-order valence-electron chi connectivity index (χ1n) is 12.4. The number of oxazole rings is 1. The maximum Gasteiger partial charge on any atom is 0.307 e. The molecule has 0 spiro atoms. The summed E-state index contributed by atoms with van der Waals surface area (Å²) in [4.78, 5) is 4.72. The highest BCUT2D eigenvalue weighted by atomic mass is 16.4. The van der Waals surface area contributed by atoms with Gasteiger partial charge in [-0.2, -0.15) is 4.98 Å². The molecule has 174 valence electrons. The summed E-state index contributed by atoms with van der Waals surface area (Å²) >= 11 is 0. The quantitative estimate of drug-likeness (QED) is 0.257. The maximum absolute atomic E-state index is 6.07. The second kappa shape index (κ2) is 7.70. The van der Waals surface area contributed by atoms with E-state index >= 15 is 0 Å². The van der Waals surface area contributed by atoms with Crippen LogP contribution in [0.3, 0.4) is 0 Å². The van der Waals surface area contributed by atoms with Crippen molar-refractivity contribution in [2.24, 2.45) is 0 Å². The van der Waals surface area contributed by atoms with Gasteiger partial charge in [0.25, 0.3) is 0 Å². The van der Waals surface area contributed by atoms with Gasteiger partial charge in [0.1, 0.15) is 0 Å². The number of aromatic nitrogens is 3. The SMILES string of the molecule is c1ccc(-c2cn3c(n2)oc2ccc(-c4ccc5c(c4)c4ccccc4n5-c4ccccc4)cc23)cc1. The standard InChI is InChI=1S/C33H21N3O/c1-3-9-22(10-4-1)28-21-35-31-20-24(16-18-32(31)37-33(35)34-28)23-15-17-30-27(19-23)26-13-7-8-14-29(26)36(30)25-11-5-2-6-12-25/h1-21H. The summed E-state index contributed by atoms with van der Waals surface area (Å²) in [6.45, 7) is 0. The monoisotopic (exact) mass is 475 g/mol. The molecule has 4 heteroatoms. The molecule has 0 saturated carbocycles. The molecule has 8 rings (SSSR count). The van der Waals surface area contributed by atoms with E-state index < -0.39 is 0 Å². The molecule has 0 amide bonds. The fourth-order valence-corrected chi connectivity index (χ4v) is 5.43. The van der Waals surface area contributed by atoms with Crippen LogP contribution in [0, 0.1) is 0 Å². The van der Waals surface area contributed by atoms with E-state index in [1.54, 1.807) is 0 Å². The zero-order valence-corrected chi connectivity index (χ0v) is 19.9. The van der Waals surface area contributed by atoms with Crippen LogP contribution in [0.2, 0.25) is 0 Å². The Morgan fingerprint density at radius 3 is 2.11 bits per heavy atom. The molecule has 4 nitrogen and oxygen atoms in total. The van der Waals surface area contributed by atoms with E-state index in [2.05, 4.69) is 108 Å². The molecule has 0 radical (unpaired) electrons. The van der Waals surface area contributed by atoms with Gasteiger partial charge < -0.3 is 8.98 Å². The zero-order chi connectivity index (χ0) is 24.3. The lowest BCUT2D eigenvalue weighted by Crippen LogP contribution is -1.92. The Morgan fingerprint density at radius 2 is 1.24 bits per heavy atom. The van der Waals surface area contributed by atoms with E-state index in [9.17, 15) is 0 Å². The first-order valence-corrected chi connectivity index (χ1v) is 12.4. The van der Waals surface area contributed by atoms with Crippen LogP contribution < -0.4 is 0 Å². The molecule has 5 aromatic carbocycles. The summed E-state index contributed by atoms with van der Waals surface area (Å²) in [6, 6.07) is 42.5. The molecular weight excluding hydrogens is 454 g/mol. The number of nitrogens with zero attached hydrogens (tertiary/aromatic N) is 3. The van der Waals surface area contributed by atoms with Crippen molar-refractivity contribution in [2.75, 3.05) is 0 Å². The van der Waals surface area contributed by atoms with Crippen molar-refractivity contribution in [3.8, 4) is 28.1 Å². The zero-order valence-electron chi connectivity index (χ0n) is 19.9. The summed E-state index contributed by atoms with van der Waals surface area (Å²) in [5.74, 6) is 0.604. The molecule has 0 atom stereocenters. The van der Waals surface area contributed by atoms with Crippen LogP contribution in [0.15, 0.2) is 132 Å². The first kappa shape index (κ1) is 20.1. The minimum absolute atomic E-state index is 0.604. The van der Waals surface area contributed by atoms with Gasteiger partial charge in [0.2, 0.25) is 0 Å². The lowest BCUT2D eigenvalue weighted by atomic mass is 10.0. The molecule has 0 aliphatic heterocycles. The van der Waals surface area contributed by atoms with Crippen LogP contribution in [0.5, 0.6) is 0 Å². The van der Waals surface area contributed by atoms with E-state index in [0.717, 1.165) is 33.6 Å². The molecule has 0 aliphatic rings. The summed E-state index contributed by atoms with van der Waals surface area (Å²) in [7, 11) is 0. The normalized spacial score (nSPS) is 11.8. The van der Waals surface area contributed by atoms with Crippen molar-refractivity contribution in [1.29, 1.82) is 0 Å². The van der Waals surface area contributed by atoms with Crippen molar-refractivity contribution in [1.82, 2.24) is 14.0 Å². The fraction of sp³-hybridized carbons (Fsp3) is 0. The Kier molecular flexibility index (Phi) is 4.19. The Bertz CT molecular complexity index is 2080. The molecule has 0 unspecified atom stereocenters. The third-order valence-electron chi connectivity index (χ3n) is 7.18. The third-order valence-corrected chi connectivity index (χ3v) is 7.18. The maximum atomic E-state index is 6.07. The number of rotatable bonds is 3. The number of fused-ring (bicyclic) bond motifs is 6. The van der Waals surface area contributed by atoms with Gasteiger partial charge in [-0.1, -0.05) is 78.9 Å². The second-order valence-corrected chi connectivity index (χ2v) is 9.35. The van der Waals surface area contributed by atoms with Crippen molar-refractivity contribution in [2.45, 2.75) is 0 Å². The molecular formula is C33H21N3O. The molecule has 0 fully saturated rings. The average Bonchev–Trinajstić information content (AvgIpc) is 3.63. The van der Waals surface area contributed by atoms with Crippen LogP contribution in [0.25, 0.3) is 66.8 Å². The van der Waals surface area contributed by atoms with Crippen LogP contribution in [0.4, 0.5) is 0 Å². The predicted octanol–water partition coefficient (Wildman–Crippen LogP) is 8.51. The van der Waals surface area contributed by atoms with Gasteiger partial charge in [0.15, 0.2) is 5.58 Å². The van der Waals surface area contributed by atoms with Crippen molar-refractivity contribution >= 4 is 38.7 Å². The smallest absolute Gasteiger partial charge is 0.307 e. The van der Waals surface area contributed by atoms with Gasteiger partial charge >= 0.3 is 5.84 Å². The molecule has 0 saturated heterocycles. The predicted molar refractivity (Wildman–Crippen MR) is 150 cm³/mol. The Balaban J connectivity index is 1.31. The minimum Gasteiger partial charge on any atom is -0.423 e. The third kappa shape index (κ3) is 3.06. The van der Waals surface area contributed by atoms with E-state index in [1.165, 1.54) is 27.4 Å². The van der Waals surface area contributed by atoms with Crippen molar-refractivity contribution < 1.29 is 4.42 Å². The van der Waals surface area contributed by atoms with E-state index in [-0.39, 0.29) is 0 Å². The lowest BCUT2D eigenvalue weighted by Gasteiger charge is -2.08. The van der Waals surface area contributed by atoms with Gasteiger partial charge in [0, 0.05) is 28.2 Å². The Hall–Kier alpha value is -5.09. The van der Waals surface area contributed by atoms with Crippen LogP contribution in [-0.4, -0.2) is 14.0 Å². The van der Waals surface area contributed by atoms with Crippen LogP contribution >= 0.6 is 0 Å². The first-order chi connectivity index (χ1) is 18.3. The number of imidazole rings is 1. The molecule has 3 heterocycles. The van der Waals surface area contributed by atoms with E-state index in [0.29, 0.717) is 5.84 Å². The highest BCUT2D eigenvalue weighted by molar-refractivity contribution is 6.10. The number of benzene rings is 5. The average molecular weight is 476 g/mol.